The zero-order valence-electron chi connectivity index (χ0n) is 15.7. The Labute approximate surface area is 159 Å². The fourth-order valence-corrected chi connectivity index (χ4v) is 4.34. The van der Waals surface area contributed by atoms with Crippen LogP contribution < -0.4 is 5.32 Å². The number of carbonyl (C=O) groups excluding carboxylic acids is 2. The Balaban J connectivity index is 1.21. The maximum absolute atomic E-state index is 13.0. The molecule has 0 spiro atoms. The second-order valence-electron chi connectivity index (χ2n) is 8.14. The average Bonchev–Trinajstić information content (AvgIpc) is 3.55. The molecular weight excluding hydrogens is 345 g/mol. The van der Waals surface area contributed by atoms with Crippen molar-refractivity contribution in [3.63, 3.8) is 0 Å². The first-order valence-corrected chi connectivity index (χ1v) is 10.2. The van der Waals surface area contributed by atoms with Crippen LogP contribution >= 0.6 is 0 Å². The van der Waals surface area contributed by atoms with Gasteiger partial charge in [-0.15, -0.1) is 0 Å². The van der Waals surface area contributed by atoms with Gasteiger partial charge in [-0.25, -0.2) is 4.39 Å². The highest BCUT2D eigenvalue weighted by molar-refractivity contribution is 5.92. The molecule has 2 heterocycles. The minimum Gasteiger partial charge on any atom is -0.342 e. The van der Waals surface area contributed by atoms with Crippen molar-refractivity contribution >= 4 is 17.5 Å². The van der Waals surface area contributed by atoms with Gasteiger partial charge in [0.25, 0.3) is 0 Å². The average molecular weight is 373 g/mol. The van der Waals surface area contributed by atoms with Gasteiger partial charge >= 0.3 is 0 Å². The van der Waals surface area contributed by atoms with E-state index >= 15 is 0 Å². The number of hydrogen-bond donors (Lipinski definition) is 1. The first kappa shape index (κ1) is 18.4. The first-order valence-electron chi connectivity index (χ1n) is 10.2. The molecule has 1 aliphatic carbocycles. The number of nitrogens with zero attached hydrogens (tertiary/aromatic N) is 2. The predicted molar refractivity (Wildman–Crippen MR) is 102 cm³/mol. The molecule has 3 aliphatic rings. The molecule has 4 rings (SSSR count). The van der Waals surface area contributed by atoms with Gasteiger partial charge in [0.15, 0.2) is 0 Å². The van der Waals surface area contributed by atoms with E-state index in [1.54, 1.807) is 12.1 Å². The molecule has 3 fully saturated rings. The molecule has 2 saturated heterocycles. The zero-order chi connectivity index (χ0) is 18.8. The summed E-state index contributed by atoms with van der Waals surface area (Å²) in [5.41, 5.74) is 0.650. The van der Waals surface area contributed by atoms with E-state index in [0.29, 0.717) is 23.6 Å². The number of piperidine rings is 2. The molecule has 1 aromatic rings. The highest BCUT2D eigenvalue weighted by Gasteiger charge is 2.36. The topological polar surface area (TPSA) is 52.7 Å². The maximum Gasteiger partial charge on any atom is 0.227 e. The van der Waals surface area contributed by atoms with Gasteiger partial charge in [-0.3, -0.25) is 9.59 Å². The highest BCUT2D eigenvalue weighted by Crippen LogP contribution is 2.32. The summed E-state index contributed by atoms with van der Waals surface area (Å²) in [5, 5.41) is 2.90. The number of hydrogen-bond acceptors (Lipinski definition) is 3. The maximum atomic E-state index is 13.0. The lowest BCUT2D eigenvalue weighted by Gasteiger charge is -2.41. The molecule has 146 valence electrons. The molecule has 6 heteroatoms. The van der Waals surface area contributed by atoms with E-state index < -0.39 is 0 Å². The monoisotopic (exact) mass is 373 g/mol. The van der Waals surface area contributed by atoms with E-state index in [2.05, 4.69) is 15.1 Å². The van der Waals surface area contributed by atoms with Gasteiger partial charge in [0.05, 0.1) is 0 Å². The Bertz CT molecular complexity index is 673. The van der Waals surface area contributed by atoms with Crippen molar-refractivity contribution in [1.29, 1.82) is 0 Å². The highest BCUT2D eigenvalue weighted by atomic mass is 19.1. The Hall–Kier alpha value is -1.95. The van der Waals surface area contributed by atoms with E-state index in [1.807, 2.05) is 0 Å². The molecule has 1 N–H and O–H groups in total. The quantitative estimate of drug-likeness (QED) is 0.883. The zero-order valence-corrected chi connectivity index (χ0v) is 15.7. The van der Waals surface area contributed by atoms with E-state index in [9.17, 15) is 14.0 Å². The van der Waals surface area contributed by atoms with Crippen molar-refractivity contribution in [3.05, 3.63) is 30.1 Å². The third-order valence-electron chi connectivity index (χ3n) is 6.23. The summed E-state index contributed by atoms with van der Waals surface area (Å²) < 4.78 is 13.0. The molecule has 0 aromatic heterocycles. The summed E-state index contributed by atoms with van der Waals surface area (Å²) in [6.07, 6.45) is 5.96. The molecule has 1 aromatic carbocycles. The summed E-state index contributed by atoms with van der Waals surface area (Å²) in [7, 11) is 0. The molecule has 0 unspecified atom stereocenters. The van der Waals surface area contributed by atoms with Gasteiger partial charge in [-0.2, -0.15) is 0 Å². The van der Waals surface area contributed by atoms with Crippen molar-refractivity contribution in [2.45, 2.75) is 44.6 Å². The van der Waals surface area contributed by atoms with E-state index in [0.717, 1.165) is 64.7 Å². The lowest BCUT2D eigenvalue weighted by molar-refractivity contribution is -0.134. The fraction of sp³-hybridized carbons (Fsp3) is 0.619. The molecular formula is C21H28FN3O2. The van der Waals surface area contributed by atoms with Crippen LogP contribution in [0.2, 0.25) is 0 Å². The molecule has 5 nitrogen and oxygen atoms in total. The van der Waals surface area contributed by atoms with E-state index in [4.69, 9.17) is 0 Å². The molecule has 0 radical (unpaired) electrons. The van der Waals surface area contributed by atoms with Gasteiger partial charge in [0.1, 0.15) is 5.82 Å². The number of likely N-dealkylation sites (tertiary alicyclic amines) is 2. The van der Waals surface area contributed by atoms with Crippen molar-refractivity contribution in [1.82, 2.24) is 9.80 Å². The Morgan fingerprint density at radius 1 is 0.852 bits per heavy atom. The molecule has 27 heavy (non-hydrogen) atoms. The fourth-order valence-electron chi connectivity index (χ4n) is 4.34. The van der Waals surface area contributed by atoms with Crippen LogP contribution in [0.15, 0.2) is 24.3 Å². The van der Waals surface area contributed by atoms with E-state index in [-0.39, 0.29) is 17.6 Å². The molecule has 1 saturated carbocycles. The molecule has 2 amide bonds. The standard InChI is InChI=1S/C21H28FN3O2/c22-17-3-5-18(6-4-17)23-20(26)15-7-11-24(12-8-15)19-9-13-25(14-10-19)21(27)16-1-2-16/h3-6,15-16,19H,1-2,7-14H2,(H,23,26). The van der Waals surface area contributed by atoms with Crippen molar-refractivity contribution in [2.75, 3.05) is 31.5 Å². The van der Waals surface area contributed by atoms with Gasteiger partial charge in [0.2, 0.25) is 11.8 Å². The number of rotatable bonds is 4. The number of benzene rings is 1. The van der Waals surface area contributed by atoms with Crippen LogP contribution in [0.1, 0.15) is 38.5 Å². The Kier molecular flexibility index (Phi) is 5.43. The number of anilines is 1. The first-order chi connectivity index (χ1) is 13.1. The number of halogens is 1. The summed E-state index contributed by atoms with van der Waals surface area (Å²) in [5.74, 6) is 0.432. The van der Waals surface area contributed by atoms with Crippen LogP contribution in [0.3, 0.4) is 0 Å². The normalized spacial score (nSPS) is 22.6. The van der Waals surface area contributed by atoms with Crippen LogP contribution in [-0.2, 0) is 9.59 Å². The van der Waals surface area contributed by atoms with Crippen LogP contribution in [0, 0.1) is 17.7 Å². The van der Waals surface area contributed by atoms with Gasteiger partial charge in [-0.05, 0) is 75.9 Å². The summed E-state index contributed by atoms with van der Waals surface area (Å²) in [4.78, 5) is 29.2. The number of carbonyl (C=O) groups is 2. The minimum atomic E-state index is -0.300. The Morgan fingerprint density at radius 3 is 2.07 bits per heavy atom. The number of amides is 2. The summed E-state index contributed by atoms with van der Waals surface area (Å²) in [6, 6.07) is 6.45. The van der Waals surface area contributed by atoms with Crippen LogP contribution in [0.25, 0.3) is 0 Å². The van der Waals surface area contributed by atoms with E-state index in [1.165, 1.54) is 12.1 Å². The molecule has 0 atom stereocenters. The second kappa shape index (κ2) is 7.97. The summed E-state index contributed by atoms with van der Waals surface area (Å²) >= 11 is 0. The van der Waals surface area contributed by atoms with Gasteiger partial charge in [-0.1, -0.05) is 0 Å². The SMILES string of the molecule is O=C(Nc1ccc(F)cc1)C1CCN(C2CCN(C(=O)C3CC3)CC2)CC1. The predicted octanol–water partition coefficient (Wildman–Crippen LogP) is 2.88. The lowest BCUT2D eigenvalue weighted by Crippen LogP contribution is -2.50. The van der Waals surface area contributed by atoms with Crippen LogP contribution in [0.5, 0.6) is 0 Å². The minimum absolute atomic E-state index is 0.0165. The van der Waals surface area contributed by atoms with Crippen molar-refractivity contribution in [3.8, 4) is 0 Å². The lowest BCUT2D eigenvalue weighted by atomic mass is 9.92. The van der Waals surface area contributed by atoms with Gasteiger partial charge < -0.3 is 15.1 Å². The van der Waals surface area contributed by atoms with Crippen molar-refractivity contribution < 1.29 is 14.0 Å². The van der Waals surface area contributed by atoms with Crippen LogP contribution in [-0.4, -0.2) is 53.8 Å². The third-order valence-corrected chi connectivity index (χ3v) is 6.23. The Morgan fingerprint density at radius 2 is 1.48 bits per heavy atom. The van der Waals surface area contributed by atoms with Crippen molar-refractivity contribution in [2.24, 2.45) is 11.8 Å². The molecule has 0 bridgehead atoms. The van der Waals surface area contributed by atoms with Gasteiger partial charge in [0, 0.05) is 36.7 Å². The largest absolute Gasteiger partial charge is 0.342 e. The third kappa shape index (κ3) is 4.49. The summed E-state index contributed by atoms with van der Waals surface area (Å²) in [6.45, 7) is 3.63. The van der Waals surface area contributed by atoms with Crippen LogP contribution in [0.4, 0.5) is 10.1 Å². The smallest absolute Gasteiger partial charge is 0.227 e. The second-order valence-corrected chi connectivity index (χ2v) is 8.14. The molecule has 2 aliphatic heterocycles. The number of nitrogens with one attached hydrogen (secondary N) is 1.